The molecule has 0 aliphatic rings. The number of benzene rings is 1. The zero-order valence-corrected chi connectivity index (χ0v) is 18.0. The fourth-order valence-corrected chi connectivity index (χ4v) is 3.13. The van der Waals surface area contributed by atoms with Gasteiger partial charge in [-0.05, 0) is 58.4 Å². The van der Waals surface area contributed by atoms with Gasteiger partial charge in [0, 0.05) is 23.7 Å². The first-order chi connectivity index (χ1) is 13.5. The summed E-state index contributed by atoms with van der Waals surface area (Å²) in [6.45, 7) is 8.74. The summed E-state index contributed by atoms with van der Waals surface area (Å²) in [5.74, 6) is -0.214. The highest BCUT2D eigenvalue weighted by atomic mass is 32.2. The van der Waals surface area contributed by atoms with Gasteiger partial charge in [-0.25, -0.2) is 13.7 Å². The molecule has 0 fully saturated rings. The summed E-state index contributed by atoms with van der Waals surface area (Å²) in [4.78, 5) is 24.7. The zero-order valence-electron chi connectivity index (χ0n) is 17.2. The molecule has 0 aliphatic heterocycles. The molecule has 0 saturated heterocycles. The molecule has 29 heavy (non-hydrogen) atoms. The van der Waals surface area contributed by atoms with E-state index in [2.05, 4.69) is 15.4 Å². The summed E-state index contributed by atoms with van der Waals surface area (Å²) in [7, 11) is -3.46. The molecule has 0 aliphatic carbocycles. The van der Waals surface area contributed by atoms with E-state index in [1.807, 2.05) is 20.8 Å². The second-order valence-electron chi connectivity index (χ2n) is 7.34. The van der Waals surface area contributed by atoms with E-state index in [4.69, 9.17) is 0 Å². The number of carbonyl (C=O) groups excluding carboxylic acids is 2. The van der Waals surface area contributed by atoms with Crippen LogP contribution < -0.4 is 19.9 Å². The van der Waals surface area contributed by atoms with Crippen LogP contribution in [0.4, 0.5) is 16.2 Å². The maximum absolute atomic E-state index is 12.5. The molecule has 0 bridgehead atoms. The Morgan fingerprint density at radius 1 is 0.966 bits per heavy atom. The molecule has 8 nitrogen and oxygen atoms in total. The average Bonchev–Trinajstić information content (AvgIpc) is 2.60. The molecule has 1 aromatic carbocycles. The molecule has 3 N–H and O–H groups in total. The average molecular weight is 420 g/mol. The number of aryl methyl sites for hydroxylation is 1. The van der Waals surface area contributed by atoms with Crippen molar-refractivity contribution in [2.45, 2.75) is 45.9 Å². The van der Waals surface area contributed by atoms with Gasteiger partial charge in [-0.15, -0.1) is 0 Å². The van der Waals surface area contributed by atoms with Crippen LogP contribution in [0.2, 0.25) is 0 Å². The maximum atomic E-state index is 12.5. The van der Waals surface area contributed by atoms with Crippen LogP contribution in [0.25, 0.3) is 0 Å². The van der Waals surface area contributed by atoms with Crippen molar-refractivity contribution in [3.05, 3.63) is 53.9 Å². The van der Waals surface area contributed by atoms with Crippen molar-refractivity contribution >= 4 is 33.3 Å². The molecule has 2 amide bonds. The number of pyridine rings is 1. The molecule has 0 atom stereocenters. The van der Waals surface area contributed by atoms with Gasteiger partial charge in [0.05, 0.1) is 10.9 Å². The summed E-state index contributed by atoms with van der Waals surface area (Å²) in [5.41, 5.74) is 2.14. The van der Waals surface area contributed by atoms with Crippen molar-refractivity contribution in [2.75, 3.05) is 10.0 Å². The monoisotopic (exact) mass is 419 g/mol. The minimum atomic E-state index is -3.46. The molecule has 156 valence electrons. The molecule has 0 radical (unpaired) electrons. The third-order valence-electron chi connectivity index (χ3n) is 3.96. The number of sulfonamides is 1. The summed E-state index contributed by atoms with van der Waals surface area (Å²) < 4.78 is 27.6. The Bertz CT molecular complexity index is 1000. The lowest BCUT2D eigenvalue weighted by atomic mass is 10.1. The van der Waals surface area contributed by atoms with Crippen LogP contribution in [0.3, 0.4) is 0 Å². The number of amides is 2. The molecule has 0 unspecified atom stereocenters. The Labute approximate surface area is 171 Å². The Morgan fingerprint density at radius 2 is 1.59 bits per heavy atom. The summed E-state index contributed by atoms with van der Waals surface area (Å²) in [5, 5.41) is 4.99. The van der Waals surface area contributed by atoms with Gasteiger partial charge in [0.2, 0.25) is 10.0 Å². The van der Waals surface area contributed by atoms with Crippen LogP contribution in [-0.2, 0) is 10.0 Å². The minimum absolute atomic E-state index is 0.00300. The van der Waals surface area contributed by atoms with Crippen molar-refractivity contribution in [1.82, 2.24) is 5.32 Å². The van der Waals surface area contributed by atoms with E-state index < -0.39 is 21.3 Å². The standard InChI is InChI=1S/C20H26N4O4S/c1-13(2)21-19(25)16-10-15(5)11-18(12-16)22-20(26)24-8-6-17(7-9-24)23-29(27,28)14(3)4/h6-14H,1-5H3,(H2,21,22,25,26)/p+1. The van der Waals surface area contributed by atoms with Crippen LogP contribution in [0.1, 0.15) is 43.6 Å². The Hall–Kier alpha value is -2.94. The molecule has 1 aromatic heterocycles. The first-order valence-electron chi connectivity index (χ1n) is 9.25. The number of carbonyl (C=O) groups is 2. The number of aromatic nitrogens is 1. The van der Waals surface area contributed by atoms with Gasteiger partial charge in [0.25, 0.3) is 5.91 Å². The highest BCUT2D eigenvalue weighted by Gasteiger charge is 2.18. The molecule has 2 aromatic rings. The van der Waals surface area contributed by atoms with Crippen molar-refractivity contribution in [1.29, 1.82) is 0 Å². The molecular formula is C20H27N4O4S+. The zero-order chi connectivity index (χ0) is 21.8. The van der Waals surface area contributed by atoms with Crippen molar-refractivity contribution < 1.29 is 22.6 Å². The van der Waals surface area contributed by atoms with Crippen LogP contribution in [0.5, 0.6) is 0 Å². The Balaban J connectivity index is 2.14. The highest BCUT2D eigenvalue weighted by Crippen LogP contribution is 2.15. The van der Waals surface area contributed by atoms with Crippen LogP contribution >= 0.6 is 0 Å². The van der Waals surface area contributed by atoms with Crippen molar-refractivity contribution in [3.63, 3.8) is 0 Å². The SMILES string of the molecule is Cc1cc(NC(=O)[n+]2ccc(NS(=O)(=O)C(C)C)cc2)cc(C(=O)NC(C)C)c1. The van der Waals surface area contributed by atoms with Crippen molar-refractivity contribution in [2.24, 2.45) is 0 Å². The molecule has 9 heteroatoms. The van der Waals surface area contributed by atoms with E-state index in [9.17, 15) is 18.0 Å². The normalized spacial score (nSPS) is 11.4. The minimum Gasteiger partial charge on any atom is -0.350 e. The number of nitrogens with zero attached hydrogens (tertiary/aromatic N) is 1. The van der Waals surface area contributed by atoms with E-state index in [1.54, 1.807) is 32.0 Å². The van der Waals surface area contributed by atoms with Crippen LogP contribution in [0, 0.1) is 6.92 Å². The van der Waals surface area contributed by atoms with E-state index in [-0.39, 0.29) is 11.9 Å². The third kappa shape index (κ3) is 6.28. The predicted molar refractivity (Wildman–Crippen MR) is 113 cm³/mol. The fourth-order valence-electron chi connectivity index (χ4n) is 2.43. The third-order valence-corrected chi connectivity index (χ3v) is 5.72. The van der Waals surface area contributed by atoms with Gasteiger partial charge in [-0.1, -0.05) is 0 Å². The summed E-state index contributed by atoms with van der Waals surface area (Å²) in [6, 6.07) is 7.67. The molecular weight excluding hydrogens is 392 g/mol. The predicted octanol–water partition coefficient (Wildman–Crippen LogP) is 2.65. The lowest BCUT2D eigenvalue weighted by Gasteiger charge is -2.10. The first kappa shape index (κ1) is 22.4. The Morgan fingerprint density at radius 3 is 2.14 bits per heavy atom. The van der Waals surface area contributed by atoms with Crippen molar-refractivity contribution in [3.8, 4) is 0 Å². The van der Waals surface area contributed by atoms with Crippen LogP contribution in [0.15, 0.2) is 42.7 Å². The lowest BCUT2D eigenvalue weighted by Crippen LogP contribution is -2.45. The topological polar surface area (TPSA) is 108 Å². The number of rotatable bonds is 6. The van der Waals surface area contributed by atoms with E-state index in [0.29, 0.717) is 16.9 Å². The fraction of sp³-hybridized carbons (Fsp3) is 0.350. The highest BCUT2D eigenvalue weighted by molar-refractivity contribution is 7.93. The maximum Gasteiger partial charge on any atom is 0.500 e. The van der Waals surface area contributed by atoms with Gasteiger partial charge in [-0.2, -0.15) is 9.36 Å². The van der Waals surface area contributed by atoms with Gasteiger partial charge >= 0.3 is 6.03 Å². The second-order valence-corrected chi connectivity index (χ2v) is 9.57. The number of anilines is 2. The Kier molecular flexibility index (Phi) is 6.97. The molecule has 0 saturated carbocycles. The number of hydrogen-bond donors (Lipinski definition) is 3. The van der Waals surface area contributed by atoms with E-state index in [0.717, 1.165) is 5.56 Å². The number of hydrogen-bond acceptors (Lipinski definition) is 4. The lowest BCUT2D eigenvalue weighted by molar-refractivity contribution is -0.567. The van der Waals surface area contributed by atoms with Gasteiger partial charge in [0.15, 0.2) is 0 Å². The summed E-state index contributed by atoms with van der Waals surface area (Å²) >= 11 is 0. The summed E-state index contributed by atoms with van der Waals surface area (Å²) in [6.07, 6.45) is 2.91. The molecule has 0 spiro atoms. The second kappa shape index (κ2) is 9.04. The van der Waals surface area contributed by atoms with Gasteiger partial charge < -0.3 is 5.32 Å². The quantitative estimate of drug-likeness (QED) is 0.626. The smallest absolute Gasteiger partial charge is 0.350 e. The largest absolute Gasteiger partial charge is 0.500 e. The van der Waals surface area contributed by atoms with E-state index >= 15 is 0 Å². The van der Waals surface area contributed by atoms with Gasteiger partial charge in [-0.3, -0.25) is 9.52 Å². The van der Waals surface area contributed by atoms with Crippen LogP contribution in [-0.4, -0.2) is 31.6 Å². The molecule has 2 rings (SSSR count). The van der Waals surface area contributed by atoms with Gasteiger partial charge in [0.1, 0.15) is 18.1 Å². The number of nitrogens with one attached hydrogen (secondary N) is 3. The van der Waals surface area contributed by atoms with E-state index in [1.165, 1.54) is 29.1 Å². The first-order valence-corrected chi connectivity index (χ1v) is 10.8. The molecule has 1 heterocycles.